The number of nitrogen functional groups attached to an aromatic ring is 2. The number of H-pyrrole nitrogens is 2. The summed E-state index contributed by atoms with van der Waals surface area (Å²) in [6.07, 6.45) is 1.17. The molecule has 5 aromatic rings. The number of carbonyl (C=O) groups is 6. The van der Waals surface area contributed by atoms with E-state index in [9.17, 15) is 53.7 Å². The number of likely N-dealkylation sites (N-methyl/N-ethyl adjacent to an activating group) is 1. The van der Waals surface area contributed by atoms with Crippen molar-refractivity contribution >= 4 is 81.6 Å². The number of aryl methyl sites for hydroxylation is 1. The molecule has 4 atom stereocenters. The van der Waals surface area contributed by atoms with Crippen molar-refractivity contribution in [2.24, 2.45) is 5.92 Å². The number of carbonyl (C=O) groups excluding carboxylic acids is 2. The second-order valence-electron chi connectivity index (χ2n) is 15.6. The summed E-state index contributed by atoms with van der Waals surface area (Å²) in [5.74, 6) is -7.78. The van der Waals surface area contributed by atoms with Gasteiger partial charge in [-0.1, -0.05) is 6.92 Å². The highest BCUT2D eigenvalue weighted by molar-refractivity contribution is 5.98. The van der Waals surface area contributed by atoms with E-state index in [0.29, 0.717) is 17.1 Å². The number of aromatic amines is 2. The minimum Gasteiger partial charge on any atom is -0.481 e. The summed E-state index contributed by atoms with van der Waals surface area (Å²) >= 11 is 0. The maximum absolute atomic E-state index is 13.3. The maximum atomic E-state index is 13.3. The molecule has 0 fully saturated rings. The van der Waals surface area contributed by atoms with Gasteiger partial charge in [0.25, 0.3) is 17.4 Å². The Hall–Kier alpha value is -8.84. The van der Waals surface area contributed by atoms with Crippen LogP contribution in [0.1, 0.15) is 52.6 Å². The van der Waals surface area contributed by atoms with E-state index in [-0.39, 0.29) is 91.1 Å². The van der Waals surface area contributed by atoms with Crippen LogP contribution in [0.4, 0.5) is 34.8 Å². The first-order valence-electron chi connectivity index (χ1n) is 20.4. The molecule has 0 saturated heterocycles. The fraction of sp³-hybridized carbons (Fsp3) is 0.317. The molecule has 26 nitrogen and oxygen atoms in total. The molecule has 0 aliphatic carbocycles. The highest BCUT2D eigenvalue weighted by Gasteiger charge is 2.47. The molecule has 0 saturated carbocycles. The van der Waals surface area contributed by atoms with Crippen molar-refractivity contribution < 1.29 is 53.8 Å². The monoisotopic (exact) mass is 927 g/mol. The predicted molar refractivity (Wildman–Crippen MR) is 238 cm³/mol. The van der Waals surface area contributed by atoms with Crippen molar-refractivity contribution in [2.45, 2.75) is 56.9 Å². The average Bonchev–Trinajstić information content (AvgIpc) is 3.27. The molecule has 6 rings (SSSR count). The lowest BCUT2D eigenvalue weighted by Crippen LogP contribution is -2.65. The Morgan fingerprint density at radius 2 is 1.37 bits per heavy atom. The molecule has 1 aliphatic heterocycles. The van der Waals surface area contributed by atoms with E-state index in [2.05, 4.69) is 51.5 Å². The number of nitrogens with two attached hydrogens (primary N) is 2. The number of amides is 2. The van der Waals surface area contributed by atoms with E-state index in [1.807, 2.05) is 0 Å². The van der Waals surface area contributed by atoms with Gasteiger partial charge in [0.1, 0.15) is 30.9 Å². The first-order valence-corrected chi connectivity index (χ1v) is 20.4. The number of nitrogens with one attached hydrogen (secondary N) is 7. The van der Waals surface area contributed by atoms with Gasteiger partial charge in [0.05, 0.1) is 25.2 Å². The Morgan fingerprint density at radius 3 is 1.96 bits per heavy atom. The standard InChI is InChI=1S/C41H46N14O12/c1-19(35(60)61)14-26(37(64)65)49-32(57)21-5-9-22(10-6-21)44-15-24-16-45-30-28(34(59)53-40(43)51-30)55(24)13-3-4-25(36(62)63)48-31(56)20-7-11-23(12-8-20)46-17-41(38(66)67)18-47-29-27(54(41)2)33(58)52-39(42)50-29/h5-12,16,19,25-26H,3-4,13-15,17-18H2,1-2H3,(H14-,42,43,44,45,46,47,48,49,50,51,52,53,56,57,58,59,60,61,62,63,64,65,66,67)/p+1. The van der Waals surface area contributed by atoms with Crippen molar-refractivity contribution in [1.29, 1.82) is 0 Å². The minimum absolute atomic E-state index is 0.0142. The van der Waals surface area contributed by atoms with Crippen LogP contribution in [0.15, 0.2) is 64.3 Å². The van der Waals surface area contributed by atoms with Gasteiger partial charge in [0.2, 0.25) is 23.2 Å². The summed E-state index contributed by atoms with van der Waals surface area (Å²) in [5, 5.41) is 52.9. The first kappa shape index (κ1) is 47.6. The average molecular weight is 928 g/mol. The third kappa shape index (κ3) is 10.8. The molecule has 2 aromatic carbocycles. The number of benzene rings is 2. The van der Waals surface area contributed by atoms with Gasteiger partial charge < -0.3 is 63.4 Å². The Balaban J connectivity index is 1.09. The third-order valence-corrected chi connectivity index (χ3v) is 11.1. The third-order valence-electron chi connectivity index (χ3n) is 11.1. The van der Waals surface area contributed by atoms with E-state index in [0.717, 1.165) is 0 Å². The largest absolute Gasteiger partial charge is 0.481 e. The molecular weight excluding hydrogens is 881 g/mol. The number of carboxylic acid groups (broad SMARTS) is 4. The van der Waals surface area contributed by atoms with Crippen molar-refractivity contribution in [3.05, 3.63) is 92.3 Å². The van der Waals surface area contributed by atoms with Crippen LogP contribution >= 0.6 is 0 Å². The van der Waals surface area contributed by atoms with Gasteiger partial charge in [-0.25, -0.2) is 19.4 Å². The van der Waals surface area contributed by atoms with Crippen LogP contribution < -0.4 is 58.6 Å². The number of carboxylic acids is 4. The predicted octanol–water partition coefficient (Wildman–Crippen LogP) is -0.780. The molecule has 0 radical (unpaired) electrons. The molecule has 4 heterocycles. The number of fused-ring (bicyclic) bond motifs is 2. The number of aliphatic carboxylic acids is 4. The number of anilines is 6. The van der Waals surface area contributed by atoms with Crippen molar-refractivity contribution in [3.63, 3.8) is 0 Å². The van der Waals surface area contributed by atoms with Crippen LogP contribution in [-0.4, -0.2) is 119 Å². The van der Waals surface area contributed by atoms with Crippen LogP contribution in [-0.2, 0) is 32.3 Å². The van der Waals surface area contributed by atoms with Gasteiger partial charge in [-0.2, -0.15) is 14.5 Å². The SMILES string of the molecule is CC(CC(NC(=O)c1ccc(NCc2cnc3nc(N)[nH]c(=O)c3[n+]2CCCC(NC(=O)c2ccc(NCC3(C(=O)O)CNc4nc(N)[nH]c(=O)c4N3C)cc2)C(=O)O)cc1)C(=O)O)C(=O)O. The zero-order valence-corrected chi connectivity index (χ0v) is 35.8. The lowest BCUT2D eigenvalue weighted by Gasteiger charge is -2.43. The molecule has 352 valence electrons. The van der Waals surface area contributed by atoms with E-state index >= 15 is 0 Å². The van der Waals surface area contributed by atoms with Crippen LogP contribution in [0.25, 0.3) is 11.2 Å². The summed E-state index contributed by atoms with van der Waals surface area (Å²) in [7, 11) is 1.45. The fourth-order valence-corrected chi connectivity index (χ4v) is 7.30. The van der Waals surface area contributed by atoms with Crippen LogP contribution in [0.3, 0.4) is 0 Å². The van der Waals surface area contributed by atoms with Crippen LogP contribution in [0.2, 0.25) is 0 Å². The number of nitrogens with zero attached hydrogens (tertiary/aromatic N) is 5. The Labute approximate surface area is 377 Å². The van der Waals surface area contributed by atoms with Gasteiger partial charge in [-0.15, -0.1) is 0 Å². The van der Waals surface area contributed by atoms with Gasteiger partial charge >= 0.3 is 35.0 Å². The van der Waals surface area contributed by atoms with Crippen molar-refractivity contribution in [3.8, 4) is 0 Å². The second-order valence-corrected chi connectivity index (χ2v) is 15.6. The van der Waals surface area contributed by atoms with Gasteiger partial charge in [-0.3, -0.25) is 33.9 Å². The Bertz CT molecular complexity index is 2850. The zero-order valence-electron chi connectivity index (χ0n) is 35.8. The molecule has 0 bridgehead atoms. The normalized spacial score (nSPS) is 15.5. The molecule has 1 aliphatic rings. The lowest BCUT2D eigenvalue weighted by atomic mass is 9.94. The highest BCUT2D eigenvalue weighted by atomic mass is 16.4. The second kappa shape index (κ2) is 19.9. The van der Waals surface area contributed by atoms with Gasteiger partial charge in [0.15, 0.2) is 11.4 Å². The van der Waals surface area contributed by atoms with Gasteiger partial charge in [-0.05, 0) is 61.4 Å². The molecule has 26 heteroatoms. The molecule has 15 N–H and O–H groups in total. The van der Waals surface area contributed by atoms with E-state index in [4.69, 9.17) is 16.6 Å². The quantitative estimate of drug-likeness (QED) is 0.0426. The van der Waals surface area contributed by atoms with Crippen LogP contribution in [0, 0.1) is 5.92 Å². The molecule has 3 aromatic heterocycles. The van der Waals surface area contributed by atoms with Crippen molar-refractivity contribution in [2.75, 3.05) is 52.5 Å². The molecular formula is C41H47N14O12+. The summed E-state index contributed by atoms with van der Waals surface area (Å²) in [5.41, 5.74) is 10.1. The zero-order chi connectivity index (χ0) is 48.7. The molecule has 4 unspecified atom stereocenters. The smallest absolute Gasteiger partial charge is 0.333 e. The van der Waals surface area contributed by atoms with Gasteiger partial charge in [0, 0.05) is 36.0 Å². The number of hydrogen-bond acceptors (Lipinski definition) is 17. The van der Waals surface area contributed by atoms with E-state index < -0.39 is 70.4 Å². The van der Waals surface area contributed by atoms with Crippen molar-refractivity contribution in [1.82, 2.24) is 35.6 Å². The maximum Gasteiger partial charge on any atom is 0.333 e. The number of hydrogen-bond donors (Lipinski definition) is 13. The summed E-state index contributed by atoms with van der Waals surface area (Å²) in [4.78, 5) is 118. The summed E-state index contributed by atoms with van der Waals surface area (Å²) < 4.78 is 1.58. The van der Waals surface area contributed by atoms with E-state index in [1.165, 1.54) is 61.5 Å². The molecule has 2 amide bonds. The highest BCUT2D eigenvalue weighted by Crippen LogP contribution is 2.32. The minimum atomic E-state index is -1.64. The van der Waals surface area contributed by atoms with Crippen LogP contribution in [0.5, 0.6) is 0 Å². The molecule has 0 spiro atoms. The molecule has 67 heavy (non-hydrogen) atoms. The Kier molecular flexibility index (Phi) is 14.2. The Morgan fingerprint density at radius 1 is 0.806 bits per heavy atom. The topological polar surface area (TPSA) is 407 Å². The number of rotatable bonds is 20. The summed E-state index contributed by atoms with van der Waals surface area (Å²) in [6, 6.07) is 9.01. The first-order chi connectivity index (χ1) is 31.8. The lowest BCUT2D eigenvalue weighted by molar-refractivity contribution is -0.680. The van der Waals surface area contributed by atoms with E-state index in [1.54, 1.807) is 16.7 Å². The number of aromatic nitrogens is 6. The fourth-order valence-electron chi connectivity index (χ4n) is 7.30. The summed E-state index contributed by atoms with van der Waals surface area (Å²) in [6.45, 7) is 1.12.